The maximum Gasteiger partial charge on any atom is 0.280 e. The monoisotopic (exact) mass is 914 g/mol. The number of carbonyl (C=O) groups excluding carboxylic acids is 4. The van der Waals surface area contributed by atoms with Crippen LogP contribution in [-0.2, 0) is 22.4 Å². The van der Waals surface area contributed by atoms with Crippen LogP contribution in [0.4, 0.5) is 11.4 Å². The number of carbonyl (C=O) groups is 4. The van der Waals surface area contributed by atoms with Crippen LogP contribution in [-0.4, -0.2) is 33.8 Å². The van der Waals surface area contributed by atoms with Gasteiger partial charge in [-0.05, 0) is 134 Å². The molecule has 6 N–H and O–H groups in total. The summed E-state index contributed by atoms with van der Waals surface area (Å²) in [4.78, 5) is 52.7. The van der Waals surface area contributed by atoms with Crippen molar-refractivity contribution in [2.24, 2.45) is 32.1 Å². The van der Waals surface area contributed by atoms with Gasteiger partial charge in [-0.3, -0.25) is 19.2 Å². The van der Waals surface area contributed by atoms with Crippen molar-refractivity contribution in [1.82, 2.24) is 0 Å². The number of aliphatic hydroxyl groups is 2. The summed E-state index contributed by atoms with van der Waals surface area (Å²) in [5.41, 5.74) is 14.4. The van der Waals surface area contributed by atoms with Gasteiger partial charge in [-0.15, -0.1) is 10.2 Å². The van der Waals surface area contributed by atoms with E-state index in [-0.39, 0.29) is 35.3 Å². The van der Waals surface area contributed by atoms with Crippen LogP contribution in [0, 0.1) is 27.7 Å². The fourth-order valence-electron chi connectivity index (χ4n) is 5.97. The van der Waals surface area contributed by atoms with Gasteiger partial charge in [-0.1, -0.05) is 81.1 Å². The Kier molecular flexibility index (Phi) is 15.2. The van der Waals surface area contributed by atoms with Crippen molar-refractivity contribution in [2.75, 3.05) is 10.0 Å². The summed E-state index contributed by atoms with van der Waals surface area (Å²) in [5, 5.41) is 41.7. The fourth-order valence-corrected chi connectivity index (χ4v) is 6.55. The minimum atomic E-state index is -1.12. The Morgan fingerprint density at radius 2 is 0.823 bits per heavy atom. The third-order valence-electron chi connectivity index (χ3n) is 9.36. The Labute approximate surface area is 376 Å². The molecule has 0 heterocycles. The Morgan fingerprint density at radius 3 is 1.15 bits per heavy atom. The van der Waals surface area contributed by atoms with Crippen molar-refractivity contribution >= 4 is 81.4 Å². The van der Waals surface area contributed by atoms with Crippen molar-refractivity contribution in [3.05, 3.63) is 185 Å². The molecule has 5 aromatic rings. The Bertz CT molecular complexity index is 2520. The number of hydrogen-bond donors (Lipinski definition) is 4. The lowest BCUT2D eigenvalue weighted by Crippen LogP contribution is -2.26. The summed E-state index contributed by atoms with van der Waals surface area (Å²) in [5.74, 6) is -4.63. The topological polar surface area (TPSA) is 217 Å². The number of benzene rings is 5. The largest absolute Gasteiger partial charge is 0.509 e. The molecule has 0 aromatic heterocycles. The number of primary amides is 2. The third kappa shape index (κ3) is 11.4. The molecule has 5 rings (SSSR count). The highest BCUT2D eigenvalue weighted by atomic mass is 35.5. The van der Waals surface area contributed by atoms with E-state index in [0.29, 0.717) is 53.5 Å². The van der Waals surface area contributed by atoms with Gasteiger partial charge in [0.1, 0.15) is 11.5 Å². The number of rotatable bonds is 14. The first-order chi connectivity index (χ1) is 29.3. The van der Waals surface area contributed by atoms with Gasteiger partial charge in [0.25, 0.3) is 23.6 Å². The van der Waals surface area contributed by atoms with Gasteiger partial charge in [0, 0.05) is 44.1 Å². The molecule has 0 saturated carbocycles. The van der Waals surface area contributed by atoms with E-state index < -0.39 is 46.5 Å². The van der Waals surface area contributed by atoms with E-state index in [9.17, 15) is 29.4 Å². The Hall–Kier alpha value is -6.58. The third-order valence-corrected chi connectivity index (χ3v) is 10.3. The summed E-state index contributed by atoms with van der Waals surface area (Å²) in [7, 11) is 0. The van der Waals surface area contributed by atoms with Crippen LogP contribution in [0.1, 0.15) is 54.1 Å². The van der Waals surface area contributed by atoms with E-state index in [1.54, 1.807) is 64.1 Å². The molecule has 0 radical (unpaired) electrons. The first-order valence-corrected chi connectivity index (χ1v) is 19.9. The molecule has 0 unspecified atom stereocenters. The molecule has 0 aliphatic rings. The van der Waals surface area contributed by atoms with Gasteiger partial charge in [0.15, 0.2) is 11.4 Å². The number of anilines is 2. The van der Waals surface area contributed by atoms with Crippen LogP contribution in [0.15, 0.2) is 141 Å². The van der Waals surface area contributed by atoms with E-state index in [1.165, 1.54) is 60.7 Å². The Balaban J connectivity index is 1.45. The minimum Gasteiger partial charge on any atom is -0.509 e. The molecular weight excluding hydrogens is 878 g/mol. The molecule has 5 aromatic carbocycles. The van der Waals surface area contributed by atoms with Crippen molar-refractivity contribution < 1.29 is 29.4 Å². The molecule has 0 saturated heterocycles. The molecule has 18 heteroatoms. The molecular formula is C44H38Cl4N8O6. The average Bonchev–Trinajstić information content (AvgIpc) is 3.22. The second kappa shape index (κ2) is 20.3. The Morgan fingerprint density at radius 1 is 0.500 bits per heavy atom. The second-order valence-electron chi connectivity index (χ2n) is 13.9. The van der Waals surface area contributed by atoms with Crippen molar-refractivity contribution in [2.45, 2.75) is 40.5 Å². The van der Waals surface area contributed by atoms with E-state index in [4.69, 9.17) is 57.9 Å². The van der Waals surface area contributed by atoms with Gasteiger partial charge in [0.05, 0.1) is 11.4 Å². The molecule has 4 amide bonds. The molecule has 0 fully saturated rings. The van der Waals surface area contributed by atoms with Gasteiger partial charge in [-0.2, -0.15) is 10.0 Å². The summed E-state index contributed by atoms with van der Waals surface area (Å²) in [6, 6.07) is 25.0. The van der Waals surface area contributed by atoms with Crippen LogP contribution in [0.25, 0.3) is 0 Å². The zero-order valence-corrected chi connectivity index (χ0v) is 36.6. The van der Waals surface area contributed by atoms with Crippen LogP contribution in [0.5, 0.6) is 0 Å². The lowest BCUT2D eigenvalue weighted by atomic mass is 9.95. The number of allylic oxidation sites excluding steroid dienone is 2. The number of nitrogens with two attached hydrogens (primary N) is 2. The quantitative estimate of drug-likeness (QED) is 0.0367. The van der Waals surface area contributed by atoms with Gasteiger partial charge in [-0.25, -0.2) is 0 Å². The predicted molar refractivity (Wildman–Crippen MR) is 240 cm³/mol. The van der Waals surface area contributed by atoms with Crippen molar-refractivity contribution in [3.63, 3.8) is 0 Å². The summed E-state index contributed by atoms with van der Waals surface area (Å²) >= 11 is 24.6. The molecule has 0 aliphatic heterocycles. The maximum absolute atomic E-state index is 13.7. The second-order valence-corrected chi connectivity index (χ2v) is 15.6. The number of hydrogen-bond acceptors (Lipinski definition) is 10. The number of nitrogens with zero attached hydrogens (tertiary/aromatic N) is 6. The van der Waals surface area contributed by atoms with Gasteiger partial charge >= 0.3 is 0 Å². The van der Waals surface area contributed by atoms with Crippen LogP contribution < -0.4 is 21.5 Å². The maximum atomic E-state index is 13.7. The number of amides is 4. The molecule has 14 nitrogen and oxygen atoms in total. The molecule has 0 spiro atoms. The van der Waals surface area contributed by atoms with E-state index in [1.807, 2.05) is 0 Å². The standard InChI is InChI=1S/C44H38Cl4N8O6/c1-23-5-11-33(47)21-35(23)55(43(61)27-7-13-31(45)14-8-27)53-51-39(41(49)59)37(57)19-29-17-26(4)30(18-25(29)3)20-38(58)40(42(50)60)52-54-56(36-22-34(48)12-6-24(36)2)44(62)28-9-15-32(46)16-10-28/h5-18,21-22,57-58H,19-20H2,1-4H3,(H2,49,59)(H2,50,60)/b39-37-,40-38-,53-51?,54-52?. The number of aliphatic hydroxyl groups excluding tert-OH is 2. The lowest BCUT2D eigenvalue weighted by molar-refractivity contribution is -0.115. The molecule has 318 valence electrons. The van der Waals surface area contributed by atoms with Gasteiger partial charge < -0.3 is 21.7 Å². The smallest absolute Gasteiger partial charge is 0.280 e. The van der Waals surface area contributed by atoms with E-state index in [2.05, 4.69) is 20.7 Å². The zero-order valence-electron chi connectivity index (χ0n) is 33.5. The minimum absolute atomic E-state index is 0.193. The highest BCUT2D eigenvalue weighted by molar-refractivity contribution is 6.32. The van der Waals surface area contributed by atoms with Crippen LogP contribution in [0.3, 0.4) is 0 Å². The first-order valence-electron chi connectivity index (χ1n) is 18.4. The van der Waals surface area contributed by atoms with Crippen molar-refractivity contribution in [1.29, 1.82) is 0 Å². The zero-order chi connectivity index (χ0) is 45.4. The summed E-state index contributed by atoms with van der Waals surface area (Å²) in [6.07, 6.45) is -0.483. The normalized spacial score (nSPS) is 12.3. The summed E-state index contributed by atoms with van der Waals surface area (Å²) in [6.45, 7) is 6.87. The molecule has 0 atom stereocenters. The molecule has 62 heavy (non-hydrogen) atoms. The number of aryl methyl sites for hydroxylation is 4. The van der Waals surface area contributed by atoms with E-state index >= 15 is 0 Å². The highest BCUT2D eigenvalue weighted by Crippen LogP contribution is 2.30. The highest BCUT2D eigenvalue weighted by Gasteiger charge is 2.24. The van der Waals surface area contributed by atoms with Crippen molar-refractivity contribution in [3.8, 4) is 0 Å². The molecule has 0 aliphatic carbocycles. The summed E-state index contributed by atoms with van der Waals surface area (Å²) < 4.78 is 0. The molecule has 0 bridgehead atoms. The first kappa shape index (κ1) is 46.5. The van der Waals surface area contributed by atoms with Crippen LogP contribution in [0.2, 0.25) is 20.1 Å². The SMILES string of the molecule is Cc1cc(C/C(O)=C(/N=NN(C(=O)c2ccc(Cl)cc2)c2cc(Cl)ccc2C)C(N)=O)c(C)cc1C/C(O)=C(/N=NN(C(=O)c1ccc(Cl)cc1)c1cc(Cl)ccc1C)C(N)=O. The van der Waals surface area contributed by atoms with Gasteiger partial charge in [0.2, 0.25) is 0 Å². The van der Waals surface area contributed by atoms with E-state index in [0.717, 1.165) is 10.0 Å². The predicted octanol–water partition coefficient (Wildman–Crippen LogP) is 10.6. The van der Waals surface area contributed by atoms with Crippen LogP contribution >= 0.6 is 46.4 Å². The average molecular weight is 917 g/mol. The lowest BCUT2D eigenvalue weighted by Gasteiger charge is -2.19. The fraction of sp³-hybridized carbons (Fsp3) is 0.136. The number of halogens is 4.